The SMILES string of the molecule is CC(=O)NC1CN(c2cnc(N)c(-c3ncc(-c4ccccc4)[nH]3)n2)C1. The standard InChI is InChI=1S/C18H19N7O/c1-11(26)22-13-9-25(10-13)15-8-20-17(19)16(24-15)18-21-7-14(23-18)12-5-3-2-4-6-12/h2-8,13H,9-10H2,1H3,(H2,19,20)(H,21,23)(H,22,26). The summed E-state index contributed by atoms with van der Waals surface area (Å²) in [6.07, 6.45) is 3.40. The second kappa shape index (κ2) is 6.47. The number of aromatic nitrogens is 4. The Bertz CT molecular complexity index is 932. The van der Waals surface area contributed by atoms with Gasteiger partial charge in [0.1, 0.15) is 5.82 Å². The summed E-state index contributed by atoms with van der Waals surface area (Å²) in [4.78, 5) is 29.7. The third kappa shape index (κ3) is 3.08. The number of nitrogens with two attached hydrogens (primary N) is 1. The first-order chi connectivity index (χ1) is 12.6. The molecule has 0 atom stereocenters. The summed E-state index contributed by atoms with van der Waals surface area (Å²) in [5.41, 5.74) is 8.46. The van der Waals surface area contributed by atoms with Crippen LogP contribution in [0.2, 0.25) is 0 Å². The van der Waals surface area contributed by atoms with E-state index in [0.717, 1.165) is 11.3 Å². The lowest BCUT2D eigenvalue weighted by atomic mass is 10.1. The molecule has 4 rings (SSSR count). The predicted octanol–water partition coefficient (Wildman–Crippen LogP) is 1.44. The van der Waals surface area contributed by atoms with E-state index in [-0.39, 0.29) is 11.9 Å². The molecule has 0 saturated carbocycles. The van der Waals surface area contributed by atoms with Crippen LogP contribution in [0.5, 0.6) is 0 Å². The van der Waals surface area contributed by atoms with Crippen molar-refractivity contribution in [3.05, 3.63) is 42.7 Å². The fraction of sp³-hybridized carbons (Fsp3) is 0.222. The van der Waals surface area contributed by atoms with E-state index in [1.54, 1.807) is 12.4 Å². The Labute approximate surface area is 150 Å². The molecule has 4 N–H and O–H groups in total. The van der Waals surface area contributed by atoms with E-state index in [1.807, 2.05) is 35.2 Å². The van der Waals surface area contributed by atoms with Crippen molar-refractivity contribution in [2.75, 3.05) is 23.7 Å². The van der Waals surface area contributed by atoms with Gasteiger partial charge in [-0.15, -0.1) is 0 Å². The number of aromatic amines is 1. The van der Waals surface area contributed by atoms with Gasteiger partial charge in [-0.3, -0.25) is 4.79 Å². The molecule has 0 radical (unpaired) electrons. The summed E-state index contributed by atoms with van der Waals surface area (Å²) in [5, 5.41) is 2.89. The second-order valence-corrected chi connectivity index (χ2v) is 6.28. The lowest BCUT2D eigenvalue weighted by Gasteiger charge is -2.40. The minimum absolute atomic E-state index is 0.0252. The van der Waals surface area contributed by atoms with E-state index in [0.29, 0.717) is 36.2 Å². The van der Waals surface area contributed by atoms with Gasteiger partial charge < -0.3 is 20.9 Å². The zero-order valence-corrected chi connectivity index (χ0v) is 14.3. The number of nitrogen functional groups attached to an aromatic ring is 1. The normalized spacial score (nSPS) is 14.1. The van der Waals surface area contributed by atoms with Crippen LogP contribution in [0.3, 0.4) is 0 Å². The molecule has 2 aromatic heterocycles. The number of carbonyl (C=O) groups excluding carboxylic acids is 1. The van der Waals surface area contributed by atoms with E-state index in [2.05, 4.69) is 25.3 Å². The van der Waals surface area contributed by atoms with Crippen LogP contribution in [0.1, 0.15) is 6.92 Å². The minimum atomic E-state index is -0.0252. The molecule has 1 aliphatic rings. The van der Waals surface area contributed by atoms with Crippen LogP contribution in [0.25, 0.3) is 22.8 Å². The van der Waals surface area contributed by atoms with Crippen LogP contribution in [-0.4, -0.2) is 45.0 Å². The van der Waals surface area contributed by atoms with Crippen LogP contribution >= 0.6 is 0 Å². The Kier molecular flexibility index (Phi) is 4.00. The van der Waals surface area contributed by atoms with Crippen molar-refractivity contribution < 1.29 is 4.79 Å². The molecule has 132 valence electrons. The number of rotatable bonds is 4. The third-order valence-corrected chi connectivity index (χ3v) is 4.29. The van der Waals surface area contributed by atoms with Gasteiger partial charge in [-0.25, -0.2) is 15.0 Å². The van der Waals surface area contributed by atoms with Gasteiger partial charge in [0.2, 0.25) is 5.91 Å². The van der Waals surface area contributed by atoms with Crippen LogP contribution in [-0.2, 0) is 4.79 Å². The minimum Gasteiger partial charge on any atom is -0.382 e. The fourth-order valence-corrected chi connectivity index (χ4v) is 2.97. The van der Waals surface area contributed by atoms with Crippen LogP contribution in [0.4, 0.5) is 11.6 Å². The number of H-pyrrole nitrogens is 1. The first-order valence-corrected chi connectivity index (χ1v) is 8.35. The molecule has 1 aromatic carbocycles. The molecule has 1 aliphatic heterocycles. The average Bonchev–Trinajstić information content (AvgIpc) is 3.09. The number of benzene rings is 1. The monoisotopic (exact) mass is 349 g/mol. The third-order valence-electron chi connectivity index (χ3n) is 4.29. The molecule has 0 aliphatic carbocycles. The molecule has 3 heterocycles. The van der Waals surface area contributed by atoms with Gasteiger partial charge in [-0.1, -0.05) is 30.3 Å². The number of hydrogen-bond acceptors (Lipinski definition) is 6. The highest BCUT2D eigenvalue weighted by Crippen LogP contribution is 2.27. The summed E-state index contributed by atoms with van der Waals surface area (Å²) in [5.74, 6) is 1.59. The number of nitrogens with zero attached hydrogens (tertiary/aromatic N) is 4. The molecule has 0 spiro atoms. The van der Waals surface area contributed by atoms with Gasteiger partial charge in [-0.05, 0) is 5.56 Å². The van der Waals surface area contributed by atoms with Gasteiger partial charge in [0.15, 0.2) is 17.3 Å². The first kappa shape index (κ1) is 16.1. The first-order valence-electron chi connectivity index (χ1n) is 8.35. The van der Waals surface area contributed by atoms with E-state index >= 15 is 0 Å². The smallest absolute Gasteiger partial charge is 0.217 e. The Morgan fingerprint density at radius 3 is 2.73 bits per heavy atom. The molecule has 1 amide bonds. The van der Waals surface area contributed by atoms with Gasteiger partial charge in [0.05, 0.1) is 24.1 Å². The summed E-state index contributed by atoms with van der Waals surface area (Å²) < 4.78 is 0. The molecule has 8 nitrogen and oxygen atoms in total. The van der Waals surface area contributed by atoms with Crippen molar-refractivity contribution in [2.24, 2.45) is 0 Å². The summed E-state index contributed by atoms with van der Waals surface area (Å²) in [6.45, 7) is 2.92. The van der Waals surface area contributed by atoms with Crippen molar-refractivity contribution in [3.8, 4) is 22.8 Å². The van der Waals surface area contributed by atoms with Crippen molar-refractivity contribution >= 4 is 17.5 Å². The quantitative estimate of drug-likeness (QED) is 0.657. The Balaban J connectivity index is 1.56. The number of anilines is 2. The number of hydrogen-bond donors (Lipinski definition) is 3. The average molecular weight is 349 g/mol. The maximum atomic E-state index is 11.1. The lowest BCUT2D eigenvalue weighted by molar-refractivity contribution is -0.119. The second-order valence-electron chi connectivity index (χ2n) is 6.28. The van der Waals surface area contributed by atoms with Crippen molar-refractivity contribution in [3.63, 3.8) is 0 Å². The highest BCUT2D eigenvalue weighted by atomic mass is 16.1. The van der Waals surface area contributed by atoms with Crippen molar-refractivity contribution in [2.45, 2.75) is 13.0 Å². The Hall–Kier alpha value is -3.42. The Morgan fingerprint density at radius 1 is 1.23 bits per heavy atom. The van der Waals surface area contributed by atoms with Crippen LogP contribution in [0.15, 0.2) is 42.7 Å². The van der Waals surface area contributed by atoms with Gasteiger partial charge in [-0.2, -0.15) is 0 Å². The number of amides is 1. The van der Waals surface area contributed by atoms with E-state index in [4.69, 9.17) is 5.73 Å². The van der Waals surface area contributed by atoms with E-state index in [1.165, 1.54) is 6.92 Å². The molecular weight excluding hydrogens is 330 g/mol. The molecule has 3 aromatic rings. The molecule has 0 bridgehead atoms. The van der Waals surface area contributed by atoms with Gasteiger partial charge in [0, 0.05) is 20.0 Å². The highest BCUT2D eigenvalue weighted by Gasteiger charge is 2.29. The number of imidazole rings is 1. The molecule has 0 unspecified atom stereocenters. The molecular formula is C18H19N7O. The highest BCUT2D eigenvalue weighted by molar-refractivity contribution is 5.74. The molecule has 1 saturated heterocycles. The van der Waals surface area contributed by atoms with E-state index < -0.39 is 0 Å². The zero-order chi connectivity index (χ0) is 18.1. The zero-order valence-electron chi connectivity index (χ0n) is 14.3. The summed E-state index contributed by atoms with van der Waals surface area (Å²) in [6, 6.07) is 10.1. The van der Waals surface area contributed by atoms with Crippen molar-refractivity contribution in [1.29, 1.82) is 0 Å². The van der Waals surface area contributed by atoms with Crippen molar-refractivity contribution in [1.82, 2.24) is 25.3 Å². The largest absolute Gasteiger partial charge is 0.382 e. The summed E-state index contributed by atoms with van der Waals surface area (Å²) in [7, 11) is 0. The van der Waals surface area contributed by atoms with E-state index in [9.17, 15) is 4.79 Å². The number of carbonyl (C=O) groups is 1. The lowest BCUT2D eigenvalue weighted by Crippen LogP contribution is -2.59. The molecule has 1 fully saturated rings. The maximum Gasteiger partial charge on any atom is 0.217 e. The van der Waals surface area contributed by atoms with Crippen LogP contribution in [0, 0.1) is 0 Å². The van der Waals surface area contributed by atoms with Gasteiger partial charge >= 0.3 is 0 Å². The number of nitrogens with one attached hydrogen (secondary N) is 2. The maximum absolute atomic E-state index is 11.1. The fourth-order valence-electron chi connectivity index (χ4n) is 2.97. The summed E-state index contributed by atoms with van der Waals surface area (Å²) >= 11 is 0. The van der Waals surface area contributed by atoms with Gasteiger partial charge in [0.25, 0.3) is 0 Å². The Morgan fingerprint density at radius 2 is 2.00 bits per heavy atom. The topological polar surface area (TPSA) is 113 Å². The molecule has 8 heteroatoms. The predicted molar refractivity (Wildman–Crippen MR) is 99.3 cm³/mol. The van der Waals surface area contributed by atoms with Crippen LogP contribution < -0.4 is 16.0 Å². The molecule has 26 heavy (non-hydrogen) atoms.